The normalized spacial score (nSPS) is 11.7. The van der Waals surface area contributed by atoms with Gasteiger partial charge in [-0.1, -0.05) is 12.1 Å². The van der Waals surface area contributed by atoms with E-state index in [0.717, 1.165) is 11.3 Å². The third-order valence-electron chi connectivity index (χ3n) is 2.03. The Labute approximate surface area is 87.7 Å². The first-order valence-corrected chi connectivity index (χ1v) is 4.69. The van der Waals surface area contributed by atoms with Crippen molar-refractivity contribution >= 4 is 6.08 Å². The van der Waals surface area contributed by atoms with Gasteiger partial charge in [-0.25, -0.2) is 9.07 Å². The molecule has 1 aromatic carbocycles. The highest BCUT2D eigenvalue weighted by atomic mass is 19.1. The van der Waals surface area contributed by atoms with Gasteiger partial charge in [0.2, 0.25) is 0 Å². The Morgan fingerprint density at radius 2 is 2.07 bits per heavy atom. The number of nitrogens with zero attached hydrogens (tertiary/aromatic N) is 2. The zero-order valence-electron chi connectivity index (χ0n) is 8.39. The van der Waals surface area contributed by atoms with Crippen LogP contribution >= 0.6 is 0 Å². The molecule has 3 heteroatoms. The third-order valence-corrected chi connectivity index (χ3v) is 2.03. The van der Waals surface area contributed by atoms with E-state index in [1.54, 1.807) is 10.9 Å². The van der Waals surface area contributed by atoms with Crippen LogP contribution in [0.25, 0.3) is 11.8 Å². The summed E-state index contributed by atoms with van der Waals surface area (Å²) in [6, 6.07) is 9.39. The molecule has 0 saturated heterocycles. The van der Waals surface area contributed by atoms with Crippen LogP contribution in [0.15, 0.2) is 48.6 Å². The maximum absolute atomic E-state index is 12.6. The summed E-state index contributed by atoms with van der Waals surface area (Å²) in [4.78, 5) is 0. The van der Waals surface area contributed by atoms with E-state index < -0.39 is 0 Å². The minimum absolute atomic E-state index is 0.193. The molecule has 2 rings (SSSR count). The zero-order chi connectivity index (χ0) is 10.7. The quantitative estimate of drug-likeness (QED) is 0.731. The van der Waals surface area contributed by atoms with Crippen LogP contribution in [0.2, 0.25) is 0 Å². The Balaban J connectivity index is 2.29. The Morgan fingerprint density at radius 3 is 2.60 bits per heavy atom. The van der Waals surface area contributed by atoms with E-state index in [0.29, 0.717) is 0 Å². The summed E-state index contributed by atoms with van der Waals surface area (Å²) in [5.74, 6) is -0.193. The lowest BCUT2D eigenvalue weighted by Gasteiger charge is -2.01. The first-order valence-electron chi connectivity index (χ1n) is 4.69. The fraction of sp³-hybridized carbons (Fsp3) is 0.0833. The summed E-state index contributed by atoms with van der Waals surface area (Å²) < 4.78 is 14.4. The molecule has 0 aliphatic carbocycles. The molecule has 0 bridgehead atoms. The molecule has 0 atom stereocenters. The standard InChI is InChI=1S/C12H11FN2/c1-10(13)9-11-3-5-12(6-4-11)15-8-2-7-14-15/h2-9H,1H3/b10-9+. The SMILES string of the molecule is C/C(F)=C\c1ccc(-n2cccn2)cc1. The second-order valence-corrected chi connectivity index (χ2v) is 3.27. The molecule has 0 saturated carbocycles. The molecular formula is C12H11FN2. The van der Waals surface area contributed by atoms with Crippen LogP contribution in [-0.2, 0) is 0 Å². The van der Waals surface area contributed by atoms with Gasteiger partial charge in [0.1, 0.15) is 0 Å². The van der Waals surface area contributed by atoms with Gasteiger partial charge >= 0.3 is 0 Å². The number of hydrogen-bond acceptors (Lipinski definition) is 1. The molecule has 76 valence electrons. The molecule has 0 N–H and O–H groups in total. The van der Waals surface area contributed by atoms with Crippen molar-refractivity contribution in [3.63, 3.8) is 0 Å². The van der Waals surface area contributed by atoms with Gasteiger partial charge in [-0.3, -0.25) is 0 Å². The first kappa shape index (κ1) is 9.65. The van der Waals surface area contributed by atoms with Gasteiger partial charge in [-0.15, -0.1) is 0 Å². The maximum atomic E-state index is 12.6. The van der Waals surface area contributed by atoms with Gasteiger partial charge in [-0.05, 0) is 36.8 Å². The molecular weight excluding hydrogens is 191 g/mol. The van der Waals surface area contributed by atoms with Crippen molar-refractivity contribution in [3.05, 3.63) is 54.1 Å². The maximum Gasteiger partial charge on any atom is 0.0974 e. The van der Waals surface area contributed by atoms with Crippen molar-refractivity contribution in [3.8, 4) is 5.69 Å². The molecule has 1 aromatic heterocycles. The number of halogens is 1. The Hall–Kier alpha value is -1.90. The lowest BCUT2D eigenvalue weighted by Crippen LogP contribution is -1.93. The zero-order valence-corrected chi connectivity index (χ0v) is 8.39. The van der Waals surface area contributed by atoms with Crippen molar-refractivity contribution in [2.45, 2.75) is 6.92 Å². The fourth-order valence-corrected chi connectivity index (χ4v) is 1.37. The van der Waals surface area contributed by atoms with Crippen LogP contribution in [-0.4, -0.2) is 9.78 Å². The lowest BCUT2D eigenvalue weighted by molar-refractivity contribution is 0.648. The van der Waals surface area contributed by atoms with Crippen molar-refractivity contribution in [2.75, 3.05) is 0 Å². The molecule has 0 amide bonds. The number of rotatable bonds is 2. The van der Waals surface area contributed by atoms with Gasteiger partial charge < -0.3 is 0 Å². The molecule has 0 unspecified atom stereocenters. The van der Waals surface area contributed by atoms with Crippen molar-refractivity contribution in [1.82, 2.24) is 9.78 Å². The monoisotopic (exact) mass is 202 g/mol. The van der Waals surface area contributed by atoms with Crippen molar-refractivity contribution in [2.24, 2.45) is 0 Å². The number of allylic oxidation sites excluding steroid dienone is 1. The first-order chi connectivity index (χ1) is 7.25. The van der Waals surface area contributed by atoms with Crippen molar-refractivity contribution < 1.29 is 4.39 Å². The molecule has 0 radical (unpaired) electrons. The molecule has 0 fully saturated rings. The van der Waals surface area contributed by atoms with Crippen LogP contribution in [0.1, 0.15) is 12.5 Å². The van der Waals surface area contributed by atoms with Crippen LogP contribution in [0, 0.1) is 0 Å². The molecule has 0 aliphatic heterocycles. The van der Waals surface area contributed by atoms with Crippen molar-refractivity contribution in [1.29, 1.82) is 0 Å². The van der Waals surface area contributed by atoms with Gasteiger partial charge in [0.05, 0.1) is 11.5 Å². The van der Waals surface area contributed by atoms with E-state index in [1.165, 1.54) is 13.0 Å². The second kappa shape index (κ2) is 4.09. The molecule has 0 spiro atoms. The fourth-order valence-electron chi connectivity index (χ4n) is 1.37. The number of benzene rings is 1. The minimum atomic E-state index is -0.193. The highest BCUT2D eigenvalue weighted by Gasteiger charge is 1.95. The average Bonchev–Trinajstić information content (AvgIpc) is 2.71. The molecule has 1 heterocycles. The Kier molecular flexibility index (Phi) is 2.63. The highest BCUT2D eigenvalue weighted by molar-refractivity contribution is 5.52. The second-order valence-electron chi connectivity index (χ2n) is 3.27. The van der Waals surface area contributed by atoms with Crippen LogP contribution in [0.4, 0.5) is 4.39 Å². The molecule has 2 nitrogen and oxygen atoms in total. The third kappa shape index (κ3) is 2.31. The summed E-state index contributed by atoms with van der Waals surface area (Å²) in [6.45, 7) is 1.43. The van der Waals surface area contributed by atoms with E-state index in [9.17, 15) is 4.39 Å². The van der Waals surface area contributed by atoms with E-state index in [-0.39, 0.29) is 5.83 Å². The summed E-state index contributed by atoms with van der Waals surface area (Å²) in [5, 5.41) is 4.10. The van der Waals surface area contributed by atoms with Gasteiger partial charge in [0.15, 0.2) is 0 Å². The smallest absolute Gasteiger partial charge is 0.0974 e. The molecule has 0 aliphatic rings. The predicted molar refractivity (Wildman–Crippen MR) is 58.3 cm³/mol. The van der Waals surface area contributed by atoms with E-state index >= 15 is 0 Å². The summed E-state index contributed by atoms with van der Waals surface area (Å²) in [5.41, 5.74) is 1.82. The van der Waals surface area contributed by atoms with Crippen LogP contribution in [0.3, 0.4) is 0 Å². The van der Waals surface area contributed by atoms with Gasteiger partial charge in [-0.2, -0.15) is 5.10 Å². The summed E-state index contributed by atoms with van der Waals surface area (Å²) >= 11 is 0. The van der Waals surface area contributed by atoms with Gasteiger partial charge in [0.25, 0.3) is 0 Å². The average molecular weight is 202 g/mol. The topological polar surface area (TPSA) is 17.8 Å². The van der Waals surface area contributed by atoms with E-state index in [1.807, 2.05) is 36.5 Å². The summed E-state index contributed by atoms with van der Waals surface area (Å²) in [6.07, 6.45) is 5.08. The van der Waals surface area contributed by atoms with E-state index in [2.05, 4.69) is 5.10 Å². The number of hydrogen-bond donors (Lipinski definition) is 0. The van der Waals surface area contributed by atoms with Gasteiger partial charge in [0, 0.05) is 12.4 Å². The lowest BCUT2D eigenvalue weighted by atomic mass is 10.2. The predicted octanol–water partition coefficient (Wildman–Crippen LogP) is 3.20. The largest absolute Gasteiger partial charge is 0.241 e. The minimum Gasteiger partial charge on any atom is -0.241 e. The number of aromatic nitrogens is 2. The summed E-state index contributed by atoms with van der Waals surface area (Å²) in [7, 11) is 0. The van der Waals surface area contributed by atoms with Crippen LogP contribution < -0.4 is 0 Å². The van der Waals surface area contributed by atoms with Crippen LogP contribution in [0.5, 0.6) is 0 Å². The molecule has 2 aromatic rings. The Bertz CT molecular complexity index is 451. The highest BCUT2D eigenvalue weighted by Crippen LogP contribution is 2.11. The molecule has 15 heavy (non-hydrogen) atoms. The van der Waals surface area contributed by atoms with E-state index in [4.69, 9.17) is 0 Å². The Morgan fingerprint density at radius 1 is 1.33 bits per heavy atom.